The summed E-state index contributed by atoms with van der Waals surface area (Å²) in [5, 5.41) is 6.83. The van der Waals surface area contributed by atoms with Crippen LogP contribution in [-0.2, 0) is 0 Å². The molecule has 1 fully saturated rings. The summed E-state index contributed by atoms with van der Waals surface area (Å²) in [6.07, 6.45) is 2.67. The first-order valence-electron chi connectivity index (χ1n) is 5.60. The summed E-state index contributed by atoms with van der Waals surface area (Å²) in [4.78, 5) is 0. The van der Waals surface area contributed by atoms with Crippen LogP contribution < -0.4 is 15.4 Å². The summed E-state index contributed by atoms with van der Waals surface area (Å²) >= 11 is 3.46. The topological polar surface area (TPSA) is 33.3 Å². The van der Waals surface area contributed by atoms with Gasteiger partial charge in [0.15, 0.2) is 0 Å². The zero-order chi connectivity index (χ0) is 11.4. The summed E-state index contributed by atoms with van der Waals surface area (Å²) in [5.41, 5.74) is 1.04. The third-order valence-electron chi connectivity index (χ3n) is 2.61. The second-order valence-corrected chi connectivity index (χ2v) is 4.92. The fourth-order valence-electron chi connectivity index (χ4n) is 1.58. The first kappa shape index (κ1) is 11.7. The molecule has 0 aliphatic heterocycles. The van der Waals surface area contributed by atoms with Crippen molar-refractivity contribution in [3.8, 4) is 5.75 Å². The Balaban J connectivity index is 1.83. The van der Waals surface area contributed by atoms with Crippen LogP contribution in [0, 0.1) is 0 Å². The zero-order valence-corrected chi connectivity index (χ0v) is 11.0. The minimum absolute atomic E-state index is 0.770. The van der Waals surface area contributed by atoms with E-state index in [2.05, 4.69) is 26.6 Å². The predicted octanol–water partition coefficient (Wildman–Crippen LogP) is 2.62. The third-order valence-corrected chi connectivity index (χ3v) is 3.11. The number of nitrogens with one attached hydrogen (secondary N) is 2. The average Bonchev–Trinajstić information content (AvgIpc) is 3.08. The molecule has 4 heteroatoms. The van der Waals surface area contributed by atoms with Gasteiger partial charge in [-0.25, -0.2) is 0 Å². The molecule has 1 aromatic rings. The average molecular weight is 285 g/mol. The summed E-state index contributed by atoms with van der Waals surface area (Å²) in [6, 6.07) is 6.74. The lowest BCUT2D eigenvalue weighted by Crippen LogP contribution is -2.24. The lowest BCUT2D eigenvalue weighted by atomic mass is 10.3. The van der Waals surface area contributed by atoms with Gasteiger partial charge in [0, 0.05) is 23.6 Å². The van der Waals surface area contributed by atoms with E-state index in [9.17, 15) is 0 Å². The number of ether oxygens (including phenoxy) is 1. The molecular weight excluding hydrogens is 268 g/mol. The Hall–Kier alpha value is -0.740. The first-order valence-corrected chi connectivity index (χ1v) is 6.39. The monoisotopic (exact) mass is 284 g/mol. The number of anilines is 1. The van der Waals surface area contributed by atoms with E-state index in [4.69, 9.17) is 4.74 Å². The highest BCUT2D eigenvalue weighted by Gasteiger charge is 2.19. The van der Waals surface area contributed by atoms with Crippen molar-refractivity contribution in [1.29, 1.82) is 0 Å². The van der Waals surface area contributed by atoms with E-state index in [0.29, 0.717) is 0 Å². The van der Waals surface area contributed by atoms with Gasteiger partial charge in [-0.05, 0) is 31.0 Å². The molecule has 0 spiro atoms. The van der Waals surface area contributed by atoms with Crippen LogP contribution in [0.15, 0.2) is 22.7 Å². The molecule has 2 rings (SSSR count). The van der Waals surface area contributed by atoms with Crippen LogP contribution in [0.25, 0.3) is 0 Å². The Bertz CT molecular complexity index is 353. The van der Waals surface area contributed by atoms with Crippen LogP contribution in [0.1, 0.15) is 12.8 Å². The van der Waals surface area contributed by atoms with Crippen molar-refractivity contribution in [2.45, 2.75) is 18.9 Å². The highest BCUT2D eigenvalue weighted by Crippen LogP contribution is 2.27. The van der Waals surface area contributed by atoms with Gasteiger partial charge >= 0.3 is 0 Å². The number of benzene rings is 1. The highest BCUT2D eigenvalue weighted by molar-refractivity contribution is 9.10. The Morgan fingerprint density at radius 2 is 2.19 bits per heavy atom. The molecule has 88 valence electrons. The van der Waals surface area contributed by atoms with Crippen LogP contribution in [0.3, 0.4) is 0 Å². The molecule has 0 saturated heterocycles. The van der Waals surface area contributed by atoms with E-state index in [1.54, 1.807) is 7.11 Å². The third kappa shape index (κ3) is 3.39. The van der Waals surface area contributed by atoms with Crippen molar-refractivity contribution in [3.05, 3.63) is 22.7 Å². The van der Waals surface area contributed by atoms with E-state index >= 15 is 0 Å². The van der Waals surface area contributed by atoms with Crippen LogP contribution in [0.4, 0.5) is 5.69 Å². The SMILES string of the molecule is COc1ccc(Br)cc1NCCNC1CC1. The van der Waals surface area contributed by atoms with Gasteiger partial charge in [-0.3, -0.25) is 0 Å². The smallest absolute Gasteiger partial charge is 0.142 e. The van der Waals surface area contributed by atoms with Gasteiger partial charge in [-0.15, -0.1) is 0 Å². The van der Waals surface area contributed by atoms with Crippen molar-refractivity contribution in [1.82, 2.24) is 5.32 Å². The van der Waals surface area contributed by atoms with Crippen LogP contribution in [0.5, 0.6) is 5.75 Å². The van der Waals surface area contributed by atoms with Crippen molar-refractivity contribution in [2.75, 3.05) is 25.5 Å². The number of halogens is 1. The van der Waals surface area contributed by atoms with Crippen molar-refractivity contribution < 1.29 is 4.74 Å². The van der Waals surface area contributed by atoms with Crippen LogP contribution in [0.2, 0.25) is 0 Å². The molecule has 0 aromatic heterocycles. The molecule has 16 heavy (non-hydrogen) atoms. The van der Waals surface area contributed by atoms with E-state index in [0.717, 1.165) is 35.0 Å². The molecule has 1 saturated carbocycles. The molecule has 2 N–H and O–H groups in total. The molecule has 1 aliphatic carbocycles. The number of methoxy groups -OCH3 is 1. The van der Waals surface area contributed by atoms with Gasteiger partial charge in [0.2, 0.25) is 0 Å². The van der Waals surface area contributed by atoms with E-state index in [-0.39, 0.29) is 0 Å². The van der Waals surface area contributed by atoms with E-state index < -0.39 is 0 Å². The second kappa shape index (κ2) is 5.55. The van der Waals surface area contributed by atoms with Crippen molar-refractivity contribution >= 4 is 21.6 Å². The Labute approximate surface area is 105 Å². The van der Waals surface area contributed by atoms with Crippen molar-refractivity contribution in [2.24, 2.45) is 0 Å². The fraction of sp³-hybridized carbons (Fsp3) is 0.500. The zero-order valence-electron chi connectivity index (χ0n) is 9.42. The minimum Gasteiger partial charge on any atom is -0.495 e. The van der Waals surface area contributed by atoms with Gasteiger partial charge in [0.05, 0.1) is 12.8 Å². The summed E-state index contributed by atoms with van der Waals surface area (Å²) in [5.74, 6) is 0.884. The maximum atomic E-state index is 5.29. The van der Waals surface area contributed by atoms with Gasteiger partial charge in [-0.2, -0.15) is 0 Å². The summed E-state index contributed by atoms with van der Waals surface area (Å²) < 4.78 is 6.35. The standard InChI is InChI=1S/C12H17BrN2O/c1-16-12-5-2-9(13)8-11(12)15-7-6-14-10-3-4-10/h2,5,8,10,14-15H,3-4,6-7H2,1H3. The number of hydrogen-bond donors (Lipinski definition) is 2. The van der Waals surface area contributed by atoms with Gasteiger partial charge < -0.3 is 15.4 Å². The summed E-state index contributed by atoms with van der Waals surface area (Å²) in [6.45, 7) is 1.92. The molecule has 1 aliphatic rings. The first-order chi connectivity index (χ1) is 7.79. The minimum atomic E-state index is 0.770. The van der Waals surface area contributed by atoms with E-state index in [1.165, 1.54) is 12.8 Å². The lowest BCUT2D eigenvalue weighted by molar-refractivity contribution is 0.416. The van der Waals surface area contributed by atoms with Crippen LogP contribution in [-0.4, -0.2) is 26.2 Å². The lowest BCUT2D eigenvalue weighted by Gasteiger charge is -2.11. The number of rotatable bonds is 6. The molecular formula is C12H17BrN2O. The molecule has 0 amide bonds. The molecule has 3 nitrogen and oxygen atoms in total. The molecule has 1 aromatic carbocycles. The maximum Gasteiger partial charge on any atom is 0.142 e. The second-order valence-electron chi connectivity index (χ2n) is 4.00. The maximum absolute atomic E-state index is 5.29. The van der Waals surface area contributed by atoms with Crippen LogP contribution >= 0.6 is 15.9 Å². The highest BCUT2D eigenvalue weighted by atomic mass is 79.9. The fourth-order valence-corrected chi connectivity index (χ4v) is 1.94. The van der Waals surface area contributed by atoms with Gasteiger partial charge in [0.1, 0.15) is 5.75 Å². The molecule has 0 radical (unpaired) electrons. The Morgan fingerprint density at radius 3 is 2.88 bits per heavy atom. The van der Waals surface area contributed by atoms with Gasteiger partial charge in [-0.1, -0.05) is 15.9 Å². The molecule has 0 heterocycles. The quantitative estimate of drug-likeness (QED) is 0.788. The van der Waals surface area contributed by atoms with Gasteiger partial charge in [0.25, 0.3) is 0 Å². The largest absolute Gasteiger partial charge is 0.495 e. The summed E-state index contributed by atoms with van der Waals surface area (Å²) in [7, 11) is 1.69. The molecule has 0 bridgehead atoms. The molecule has 0 unspecified atom stereocenters. The Kier molecular flexibility index (Phi) is 4.07. The number of hydrogen-bond acceptors (Lipinski definition) is 3. The predicted molar refractivity (Wildman–Crippen MR) is 70.2 cm³/mol. The van der Waals surface area contributed by atoms with E-state index in [1.807, 2.05) is 18.2 Å². The molecule has 0 atom stereocenters. The Morgan fingerprint density at radius 1 is 1.38 bits per heavy atom. The normalized spacial score (nSPS) is 14.9. The van der Waals surface area contributed by atoms with Crippen molar-refractivity contribution in [3.63, 3.8) is 0 Å².